The molecule has 1 aliphatic heterocycles. The molecule has 1 atom stereocenters. The number of piperidine rings is 1. The molecule has 0 spiro atoms. The Labute approximate surface area is 125 Å². The van der Waals surface area contributed by atoms with Crippen LogP contribution in [0.5, 0.6) is 12.0 Å². The first kappa shape index (κ1) is 15.7. The second kappa shape index (κ2) is 7.37. The van der Waals surface area contributed by atoms with Crippen molar-refractivity contribution in [3.63, 3.8) is 0 Å². The van der Waals surface area contributed by atoms with E-state index in [4.69, 9.17) is 15.3 Å². The van der Waals surface area contributed by atoms with Gasteiger partial charge in [0.25, 0.3) is 0 Å². The van der Waals surface area contributed by atoms with Gasteiger partial charge in [-0.05, 0) is 40.3 Å². The van der Waals surface area contributed by atoms with E-state index >= 15 is 0 Å². The molecular formula is C13H24N6O2. The largest absolute Gasteiger partial charge is 0.462 e. The van der Waals surface area contributed by atoms with E-state index in [1.807, 2.05) is 13.8 Å². The first-order chi connectivity index (χ1) is 10.1. The van der Waals surface area contributed by atoms with Gasteiger partial charge in [0.05, 0.1) is 6.10 Å². The van der Waals surface area contributed by atoms with Gasteiger partial charge in [-0.15, -0.1) is 4.98 Å². The van der Waals surface area contributed by atoms with Gasteiger partial charge in [-0.3, -0.25) is 5.43 Å². The minimum Gasteiger partial charge on any atom is -0.462 e. The van der Waals surface area contributed by atoms with E-state index in [1.165, 1.54) is 12.8 Å². The molecule has 0 aliphatic carbocycles. The van der Waals surface area contributed by atoms with Crippen molar-refractivity contribution >= 4 is 5.95 Å². The summed E-state index contributed by atoms with van der Waals surface area (Å²) in [6.07, 6.45) is 3.56. The van der Waals surface area contributed by atoms with E-state index in [2.05, 4.69) is 32.3 Å². The molecule has 1 unspecified atom stereocenters. The zero-order valence-electron chi connectivity index (χ0n) is 12.9. The van der Waals surface area contributed by atoms with Gasteiger partial charge in [-0.1, -0.05) is 6.42 Å². The Hall–Kier alpha value is -1.67. The summed E-state index contributed by atoms with van der Waals surface area (Å²) in [6, 6.07) is 0.826. The molecule has 0 saturated carbocycles. The van der Waals surface area contributed by atoms with Crippen LogP contribution >= 0.6 is 0 Å². The maximum Gasteiger partial charge on any atom is 0.324 e. The predicted molar refractivity (Wildman–Crippen MR) is 79.2 cm³/mol. The van der Waals surface area contributed by atoms with Crippen LogP contribution in [-0.4, -0.2) is 52.2 Å². The monoisotopic (exact) mass is 296 g/mol. The molecule has 1 aromatic heterocycles. The van der Waals surface area contributed by atoms with Gasteiger partial charge in [-0.25, -0.2) is 5.84 Å². The normalized spacial score (nSPS) is 19.6. The number of hydrogen-bond donors (Lipinski definition) is 2. The quantitative estimate of drug-likeness (QED) is 0.588. The third-order valence-corrected chi connectivity index (χ3v) is 3.39. The van der Waals surface area contributed by atoms with Gasteiger partial charge in [0, 0.05) is 6.04 Å². The van der Waals surface area contributed by atoms with E-state index in [-0.39, 0.29) is 24.1 Å². The first-order valence-electron chi connectivity index (χ1n) is 7.31. The van der Waals surface area contributed by atoms with Crippen LogP contribution < -0.4 is 20.7 Å². The summed E-state index contributed by atoms with van der Waals surface area (Å²) in [5.74, 6) is 5.59. The maximum absolute atomic E-state index is 5.70. The molecule has 0 bridgehead atoms. The summed E-state index contributed by atoms with van der Waals surface area (Å²) < 4.78 is 11.2. The molecule has 0 aromatic carbocycles. The van der Waals surface area contributed by atoms with E-state index in [0.717, 1.165) is 13.0 Å². The lowest BCUT2D eigenvalue weighted by Crippen LogP contribution is -2.40. The van der Waals surface area contributed by atoms with Gasteiger partial charge < -0.3 is 14.4 Å². The number of aromatic nitrogens is 3. The number of rotatable bonds is 6. The number of ether oxygens (including phenoxy) is 2. The molecule has 2 heterocycles. The summed E-state index contributed by atoms with van der Waals surface area (Å²) in [4.78, 5) is 14.6. The Morgan fingerprint density at radius 3 is 2.71 bits per heavy atom. The van der Waals surface area contributed by atoms with Crippen LogP contribution in [0, 0.1) is 0 Å². The van der Waals surface area contributed by atoms with Crippen molar-refractivity contribution in [3.05, 3.63) is 0 Å². The van der Waals surface area contributed by atoms with E-state index < -0.39 is 0 Å². The Bertz CT molecular complexity index is 456. The first-order valence-corrected chi connectivity index (χ1v) is 7.31. The molecule has 118 valence electrons. The van der Waals surface area contributed by atoms with Gasteiger partial charge in [-0.2, -0.15) is 9.97 Å². The van der Waals surface area contributed by atoms with Crippen LogP contribution in [-0.2, 0) is 0 Å². The van der Waals surface area contributed by atoms with E-state index in [0.29, 0.717) is 12.6 Å². The summed E-state index contributed by atoms with van der Waals surface area (Å²) in [6.45, 7) is 5.45. The number of nitrogens with zero attached hydrogens (tertiary/aromatic N) is 4. The van der Waals surface area contributed by atoms with Crippen molar-refractivity contribution < 1.29 is 9.47 Å². The number of hydrazine groups is 1. The number of likely N-dealkylation sites (tertiary alicyclic amines) is 1. The number of anilines is 1. The van der Waals surface area contributed by atoms with Gasteiger partial charge in [0.1, 0.15) is 6.61 Å². The molecule has 1 saturated heterocycles. The molecule has 1 fully saturated rings. The van der Waals surface area contributed by atoms with Crippen LogP contribution in [0.15, 0.2) is 0 Å². The topological polar surface area (TPSA) is 98.4 Å². The second-order valence-electron chi connectivity index (χ2n) is 5.48. The highest BCUT2D eigenvalue weighted by atomic mass is 16.5. The zero-order valence-corrected chi connectivity index (χ0v) is 12.9. The van der Waals surface area contributed by atoms with Crippen molar-refractivity contribution in [2.75, 3.05) is 25.6 Å². The van der Waals surface area contributed by atoms with Crippen molar-refractivity contribution in [3.8, 4) is 12.0 Å². The second-order valence-corrected chi connectivity index (χ2v) is 5.48. The maximum atomic E-state index is 5.70. The van der Waals surface area contributed by atoms with Crippen molar-refractivity contribution in [2.45, 2.75) is 45.3 Å². The molecular weight excluding hydrogens is 272 g/mol. The average Bonchev–Trinajstić information content (AvgIpc) is 2.45. The van der Waals surface area contributed by atoms with Crippen molar-refractivity contribution in [1.29, 1.82) is 0 Å². The number of likely N-dealkylation sites (N-methyl/N-ethyl adjacent to an activating group) is 1. The fourth-order valence-electron chi connectivity index (χ4n) is 2.26. The van der Waals surface area contributed by atoms with E-state index in [9.17, 15) is 0 Å². The van der Waals surface area contributed by atoms with Crippen LogP contribution in [0.4, 0.5) is 5.95 Å². The van der Waals surface area contributed by atoms with Gasteiger partial charge in [0.2, 0.25) is 5.95 Å². The molecule has 8 nitrogen and oxygen atoms in total. The van der Waals surface area contributed by atoms with Gasteiger partial charge >= 0.3 is 12.0 Å². The van der Waals surface area contributed by atoms with Gasteiger partial charge in [0.15, 0.2) is 0 Å². The number of nitrogens with one attached hydrogen (secondary N) is 1. The third-order valence-electron chi connectivity index (χ3n) is 3.39. The average molecular weight is 296 g/mol. The lowest BCUT2D eigenvalue weighted by Gasteiger charge is -2.31. The molecule has 21 heavy (non-hydrogen) atoms. The summed E-state index contributed by atoms with van der Waals surface area (Å²) in [7, 11) is 2.11. The number of hydrogen-bond acceptors (Lipinski definition) is 8. The lowest BCUT2D eigenvalue weighted by molar-refractivity contribution is 0.118. The highest BCUT2D eigenvalue weighted by Gasteiger charge is 2.20. The molecule has 8 heteroatoms. The number of nitrogen functional groups attached to an aromatic ring is 1. The Morgan fingerprint density at radius 1 is 1.29 bits per heavy atom. The minimum atomic E-state index is -0.0321. The van der Waals surface area contributed by atoms with Crippen LogP contribution in [0.2, 0.25) is 0 Å². The fourth-order valence-corrected chi connectivity index (χ4v) is 2.26. The van der Waals surface area contributed by atoms with Crippen LogP contribution in [0.1, 0.15) is 33.1 Å². The highest BCUT2D eigenvalue weighted by molar-refractivity contribution is 5.25. The minimum absolute atomic E-state index is 0.0321. The Morgan fingerprint density at radius 2 is 2.05 bits per heavy atom. The summed E-state index contributed by atoms with van der Waals surface area (Å²) in [5, 5.41) is 0. The van der Waals surface area contributed by atoms with Crippen molar-refractivity contribution in [1.82, 2.24) is 19.9 Å². The molecule has 0 amide bonds. The molecule has 0 radical (unpaired) electrons. The highest BCUT2D eigenvalue weighted by Crippen LogP contribution is 2.17. The summed E-state index contributed by atoms with van der Waals surface area (Å²) >= 11 is 0. The Balaban J connectivity index is 2.00. The molecule has 2 rings (SSSR count). The standard InChI is InChI=1S/C13H24N6O2/c1-9(2)21-13-16-11(18-14)15-12(17-13)20-8-10-6-4-5-7-19(10)3/h9-10H,4-8,14H2,1-3H3,(H,15,16,17,18). The Kier molecular flexibility index (Phi) is 5.51. The SMILES string of the molecule is CC(C)Oc1nc(NN)nc(OCC2CCCCN2C)n1. The third kappa shape index (κ3) is 4.68. The molecule has 1 aromatic rings. The number of nitrogens with two attached hydrogens (primary N) is 1. The molecule has 3 N–H and O–H groups in total. The van der Waals surface area contributed by atoms with Crippen LogP contribution in [0.3, 0.4) is 0 Å². The fraction of sp³-hybridized carbons (Fsp3) is 0.769. The smallest absolute Gasteiger partial charge is 0.324 e. The van der Waals surface area contributed by atoms with Crippen molar-refractivity contribution in [2.24, 2.45) is 5.84 Å². The predicted octanol–water partition coefficient (Wildman–Crippen LogP) is 0.808. The summed E-state index contributed by atoms with van der Waals surface area (Å²) in [5.41, 5.74) is 2.40. The van der Waals surface area contributed by atoms with E-state index in [1.54, 1.807) is 0 Å². The lowest BCUT2D eigenvalue weighted by atomic mass is 10.0. The molecule has 1 aliphatic rings. The zero-order chi connectivity index (χ0) is 15.2. The van der Waals surface area contributed by atoms with Crippen LogP contribution in [0.25, 0.3) is 0 Å².